The first-order chi connectivity index (χ1) is 6.31. The van der Waals surface area contributed by atoms with Crippen molar-refractivity contribution in [2.24, 2.45) is 0 Å². The molecule has 1 N–H and O–H groups in total. The standard InChI is InChI=1S/C9H9NO2S/c11-10-7-1-3-8(4-2-7)13(12)9-5-6-9/h1-4,9H,5-6H2/p+1. The number of nitroso groups, excluding NO2 is 1. The Morgan fingerprint density at radius 3 is 2.31 bits per heavy atom. The van der Waals surface area contributed by atoms with E-state index in [0.29, 0.717) is 10.9 Å². The van der Waals surface area contributed by atoms with E-state index in [9.17, 15) is 9.12 Å². The molecule has 3 nitrogen and oxygen atoms in total. The van der Waals surface area contributed by atoms with Crippen molar-refractivity contribution in [2.75, 3.05) is 0 Å². The predicted octanol–water partition coefficient (Wildman–Crippen LogP) is 0.435. The molecule has 1 aliphatic carbocycles. The zero-order chi connectivity index (χ0) is 9.26. The number of rotatable bonds is 3. The summed E-state index contributed by atoms with van der Waals surface area (Å²) in [5, 5.41) is 2.14. The molecule has 0 amide bonds. The van der Waals surface area contributed by atoms with Gasteiger partial charge in [0.25, 0.3) is 5.69 Å². The van der Waals surface area contributed by atoms with Crippen molar-refractivity contribution in [1.82, 2.24) is 0 Å². The van der Waals surface area contributed by atoms with E-state index in [4.69, 9.17) is 0 Å². The molecule has 1 saturated carbocycles. The van der Waals surface area contributed by atoms with Crippen molar-refractivity contribution in [2.45, 2.75) is 23.0 Å². The summed E-state index contributed by atoms with van der Waals surface area (Å²) in [5.41, 5.74) is 0.511. The normalized spacial score (nSPS) is 18.2. The van der Waals surface area contributed by atoms with E-state index in [1.165, 1.54) is 0 Å². The fourth-order valence-corrected chi connectivity index (χ4v) is 2.49. The number of hydrogen-bond acceptors (Lipinski definition) is 2. The van der Waals surface area contributed by atoms with Crippen molar-refractivity contribution in [3.05, 3.63) is 29.2 Å². The van der Waals surface area contributed by atoms with Crippen LogP contribution >= 0.6 is 0 Å². The van der Waals surface area contributed by atoms with Crippen molar-refractivity contribution in [3.8, 4) is 0 Å². The second-order valence-electron chi connectivity index (χ2n) is 3.12. The minimum atomic E-state index is -0.864. The van der Waals surface area contributed by atoms with Crippen LogP contribution in [0.3, 0.4) is 0 Å². The van der Waals surface area contributed by atoms with Crippen LogP contribution in [0.25, 0.3) is 0 Å². The molecule has 2 rings (SSSR count). The van der Waals surface area contributed by atoms with E-state index in [-0.39, 0.29) is 0 Å². The van der Waals surface area contributed by atoms with Gasteiger partial charge in [0.15, 0.2) is 0 Å². The molecular weight excluding hydrogens is 186 g/mol. The largest absolute Gasteiger partial charge is 0.254 e. The molecule has 1 aromatic carbocycles. The van der Waals surface area contributed by atoms with E-state index in [0.717, 1.165) is 17.7 Å². The van der Waals surface area contributed by atoms with E-state index in [1.807, 2.05) is 0 Å². The first-order valence-corrected chi connectivity index (χ1v) is 5.41. The third kappa shape index (κ3) is 1.83. The molecule has 0 bridgehead atoms. The molecule has 0 spiro atoms. The maximum absolute atomic E-state index is 11.6. The Morgan fingerprint density at radius 2 is 1.85 bits per heavy atom. The van der Waals surface area contributed by atoms with Crippen LogP contribution in [0.4, 0.5) is 5.69 Å². The minimum Gasteiger partial charge on any atom is -0.254 e. The molecule has 0 saturated heterocycles. The van der Waals surface area contributed by atoms with Gasteiger partial charge in [0.2, 0.25) is 0 Å². The molecule has 1 aliphatic rings. The third-order valence-corrected chi connectivity index (χ3v) is 3.85. The van der Waals surface area contributed by atoms with Crippen molar-refractivity contribution in [1.29, 1.82) is 0 Å². The topological polar surface area (TPSA) is 48.1 Å². The highest BCUT2D eigenvalue weighted by atomic mass is 32.2. The molecule has 4 heteroatoms. The summed E-state index contributed by atoms with van der Waals surface area (Å²) in [6, 6.07) is 6.80. The van der Waals surface area contributed by atoms with Gasteiger partial charge in [-0.05, 0) is 25.0 Å². The van der Waals surface area contributed by atoms with E-state index in [1.54, 1.807) is 29.4 Å². The van der Waals surface area contributed by atoms with E-state index < -0.39 is 10.8 Å². The molecule has 0 radical (unpaired) electrons. The lowest BCUT2D eigenvalue weighted by molar-refractivity contribution is -0.379. The van der Waals surface area contributed by atoms with Crippen molar-refractivity contribution < 1.29 is 9.39 Å². The van der Waals surface area contributed by atoms with Gasteiger partial charge in [-0.1, -0.05) is 0 Å². The van der Waals surface area contributed by atoms with Gasteiger partial charge < -0.3 is 0 Å². The lowest BCUT2D eigenvalue weighted by atomic mass is 10.3. The fraction of sp³-hybridized carbons (Fsp3) is 0.333. The molecule has 1 fully saturated rings. The van der Waals surface area contributed by atoms with Gasteiger partial charge in [-0.25, -0.2) is 0 Å². The first-order valence-electron chi connectivity index (χ1n) is 4.20. The van der Waals surface area contributed by atoms with Gasteiger partial charge in [-0.3, -0.25) is 4.21 Å². The molecule has 0 aliphatic heterocycles. The predicted molar refractivity (Wildman–Crippen MR) is 49.9 cm³/mol. The summed E-state index contributed by atoms with van der Waals surface area (Å²) >= 11 is 0. The zero-order valence-corrected chi connectivity index (χ0v) is 7.84. The van der Waals surface area contributed by atoms with Crippen molar-refractivity contribution in [3.63, 3.8) is 0 Å². The molecule has 1 atom stereocenters. The maximum Gasteiger partial charge on any atom is 0.253 e. The first kappa shape index (κ1) is 8.56. The lowest BCUT2D eigenvalue weighted by Gasteiger charge is -1.97. The smallest absolute Gasteiger partial charge is 0.253 e. The van der Waals surface area contributed by atoms with Crippen LogP contribution in [0, 0.1) is 4.91 Å². The number of benzene rings is 1. The lowest BCUT2D eigenvalue weighted by Crippen LogP contribution is -2.55. The fourth-order valence-electron chi connectivity index (χ4n) is 1.13. The van der Waals surface area contributed by atoms with Crippen LogP contribution in [-0.2, 0) is 10.8 Å². The maximum atomic E-state index is 11.6. The number of nitrogens with one attached hydrogen (secondary N) is 1. The Labute approximate surface area is 78.6 Å². The van der Waals surface area contributed by atoms with Crippen molar-refractivity contribution >= 4 is 16.5 Å². The van der Waals surface area contributed by atoms with Crippen LogP contribution in [0.1, 0.15) is 12.8 Å². The Morgan fingerprint density at radius 1 is 1.23 bits per heavy atom. The van der Waals surface area contributed by atoms with E-state index >= 15 is 0 Å². The van der Waals surface area contributed by atoms with Crippen LogP contribution in [-0.4, -0.2) is 9.46 Å². The quantitative estimate of drug-likeness (QED) is 0.762. The molecule has 0 aromatic heterocycles. The Kier molecular flexibility index (Phi) is 2.22. The summed E-state index contributed by atoms with van der Waals surface area (Å²) in [6.07, 6.45) is 2.13. The monoisotopic (exact) mass is 196 g/mol. The number of hydrogen-bond donors (Lipinski definition) is 1. The SMILES string of the molecule is O=[NH+]c1ccc(S(=O)C2CC2)cc1. The summed E-state index contributed by atoms with van der Waals surface area (Å²) in [4.78, 5) is 11.1. The molecule has 13 heavy (non-hydrogen) atoms. The van der Waals surface area contributed by atoms with Gasteiger partial charge in [0, 0.05) is 32.4 Å². The highest BCUT2D eigenvalue weighted by Gasteiger charge is 2.29. The minimum absolute atomic E-state index is 0.353. The highest BCUT2D eigenvalue weighted by molar-refractivity contribution is 7.86. The Hall–Kier alpha value is -1.03. The average Bonchev–Trinajstić information content (AvgIpc) is 3.00. The molecule has 0 heterocycles. The second-order valence-corrected chi connectivity index (χ2v) is 4.86. The van der Waals surface area contributed by atoms with Crippen LogP contribution in [0.2, 0.25) is 0 Å². The average molecular weight is 196 g/mol. The molecule has 68 valence electrons. The summed E-state index contributed by atoms with van der Waals surface area (Å²) in [7, 11) is -0.864. The second kappa shape index (κ2) is 3.38. The molecule has 1 aromatic rings. The summed E-state index contributed by atoms with van der Waals surface area (Å²) in [5.74, 6) is 0. The Bertz CT molecular complexity index is 343. The third-order valence-electron chi connectivity index (χ3n) is 2.03. The van der Waals surface area contributed by atoms with E-state index in [2.05, 4.69) is 0 Å². The highest BCUT2D eigenvalue weighted by Crippen LogP contribution is 2.30. The van der Waals surface area contributed by atoms with Crippen LogP contribution in [0.15, 0.2) is 29.2 Å². The van der Waals surface area contributed by atoms with Crippen LogP contribution < -0.4 is 5.18 Å². The Balaban J connectivity index is 2.21. The van der Waals surface area contributed by atoms with Gasteiger partial charge in [0.1, 0.15) is 0 Å². The van der Waals surface area contributed by atoms with Gasteiger partial charge >= 0.3 is 0 Å². The van der Waals surface area contributed by atoms with Gasteiger partial charge in [0.05, 0.1) is 10.8 Å². The zero-order valence-electron chi connectivity index (χ0n) is 7.03. The summed E-state index contributed by atoms with van der Waals surface area (Å²) < 4.78 is 11.6. The van der Waals surface area contributed by atoms with Gasteiger partial charge in [-0.2, -0.15) is 0 Å². The molecule has 1 unspecified atom stereocenters. The molecular formula is C9H10NO2S+. The van der Waals surface area contributed by atoms with Crippen LogP contribution in [0.5, 0.6) is 0 Å². The van der Waals surface area contributed by atoms with Gasteiger partial charge in [-0.15, -0.1) is 0 Å². The summed E-state index contributed by atoms with van der Waals surface area (Å²) in [6.45, 7) is 0.